The Morgan fingerprint density at radius 1 is 1.18 bits per heavy atom. The Morgan fingerprint density at radius 3 is 2.41 bits per heavy atom. The minimum atomic E-state index is -0.884. The largest absolute Gasteiger partial charge is 0.387 e. The molecule has 1 unspecified atom stereocenters. The third-order valence-electron chi connectivity index (χ3n) is 3.06. The fraction of sp³-hybridized carbons (Fsp3) is 0.188. The summed E-state index contributed by atoms with van der Waals surface area (Å²) in [6.45, 7) is 0.0420. The molecule has 6 heteroatoms. The molecular weight excluding hydrogens is 303 g/mol. The maximum atomic E-state index is 12.8. The van der Waals surface area contributed by atoms with Crippen LogP contribution in [0.25, 0.3) is 0 Å². The van der Waals surface area contributed by atoms with Crippen molar-refractivity contribution in [3.8, 4) is 0 Å². The monoisotopic (exact) mass is 320 g/mol. The summed E-state index contributed by atoms with van der Waals surface area (Å²) in [5.74, 6) is -0.365. The van der Waals surface area contributed by atoms with Crippen LogP contribution in [-0.4, -0.2) is 23.9 Å². The Balaban J connectivity index is 1.82. The predicted molar refractivity (Wildman–Crippen MR) is 86.6 cm³/mol. The van der Waals surface area contributed by atoms with Crippen LogP contribution in [0.1, 0.15) is 11.7 Å². The van der Waals surface area contributed by atoms with Crippen LogP contribution in [0.2, 0.25) is 0 Å². The van der Waals surface area contributed by atoms with E-state index < -0.39 is 12.1 Å². The van der Waals surface area contributed by atoms with E-state index in [1.807, 2.05) is 30.5 Å². The van der Waals surface area contributed by atoms with Crippen LogP contribution in [-0.2, 0) is 0 Å². The average Bonchev–Trinajstić information content (AvgIpc) is 2.54. The number of aliphatic hydroxyl groups is 1. The van der Waals surface area contributed by atoms with Crippen molar-refractivity contribution in [1.29, 1.82) is 0 Å². The van der Waals surface area contributed by atoms with Gasteiger partial charge in [0.2, 0.25) is 0 Å². The first-order valence-corrected chi connectivity index (χ1v) is 7.93. The Hall–Kier alpha value is -2.05. The highest BCUT2D eigenvalue weighted by atomic mass is 32.2. The fourth-order valence-electron chi connectivity index (χ4n) is 1.84. The van der Waals surface area contributed by atoms with Crippen LogP contribution < -0.4 is 10.6 Å². The molecule has 0 aliphatic heterocycles. The highest BCUT2D eigenvalue weighted by Gasteiger charge is 2.09. The summed E-state index contributed by atoms with van der Waals surface area (Å²) in [6, 6.07) is 12.5. The summed E-state index contributed by atoms with van der Waals surface area (Å²) in [5, 5.41) is 15.2. The molecule has 1 atom stereocenters. The summed E-state index contributed by atoms with van der Waals surface area (Å²) in [5.41, 5.74) is 1.22. The number of anilines is 1. The van der Waals surface area contributed by atoms with Gasteiger partial charge in [-0.2, -0.15) is 0 Å². The first kappa shape index (κ1) is 16.3. The topological polar surface area (TPSA) is 61.4 Å². The van der Waals surface area contributed by atoms with Crippen molar-refractivity contribution in [3.05, 3.63) is 59.9 Å². The lowest BCUT2D eigenvalue weighted by atomic mass is 10.1. The number of aliphatic hydroxyl groups excluding tert-OH is 1. The number of rotatable bonds is 5. The maximum absolute atomic E-state index is 12.8. The van der Waals surface area contributed by atoms with Gasteiger partial charge in [0.1, 0.15) is 5.82 Å². The van der Waals surface area contributed by atoms with Gasteiger partial charge in [-0.25, -0.2) is 9.18 Å². The number of hydrogen-bond donors (Lipinski definition) is 3. The highest BCUT2D eigenvalue weighted by molar-refractivity contribution is 7.98. The summed E-state index contributed by atoms with van der Waals surface area (Å²) in [7, 11) is 0. The number of benzene rings is 2. The molecule has 4 nitrogen and oxygen atoms in total. The third-order valence-corrected chi connectivity index (χ3v) is 3.80. The van der Waals surface area contributed by atoms with Crippen LogP contribution in [0.3, 0.4) is 0 Å². The van der Waals surface area contributed by atoms with E-state index in [-0.39, 0.29) is 12.4 Å². The molecule has 0 heterocycles. The van der Waals surface area contributed by atoms with E-state index in [0.717, 1.165) is 4.90 Å². The molecule has 0 saturated carbocycles. The van der Waals surface area contributed by atoms with Crippen LogP contribution in [0.5, 0.6) is 0 Å². The van der Waals surface area contributed by atoms with Crippen molar-refractivity contribution in [3.63, 3.8) is 0 Å². The molecule has 0 fully saturated rings. The first-order valence-electron chi connectivity index (χ1n) is 6.71. The number of halogens is 1. The minimum Gasteiger partial charge on any atom is -0.387 e. The summed E-state index contributed by atoms with van der Waals surface area (Å²) in [4.78, 5) is 12.9. The zero-order chi connectivity index (χ0) is 15.9. The molecule has 0 aliphatic carbocycles. The van der Waals surface area contributed by atoms with Crippen LogP contribution in [0.15, 0.2) is 53.4 Å². The minimum absolute atomic E-state index is 0.0420. The molecule has 2 amide bonds. The number of carbonyl (C=O) groups excluding carboxylic acids is 1. The van der Waals surface area contributed by atoms with Gasteiger partial charge < -0.3 is 15.7 Å². The standard InChI is InChI=1S/C16H17FN2O2S/c1-22-14-8-6-13(7-9-14)19-16(21)18-10-15(20)11-2-4-12(17)5-3-11/h2-9,15,20H,10H2,1H3,(H2,18,19,21). The number of thioether (sulfide) groups is 1. The zero-order valence-corrected chi connectivity index (χ0v) is 12.9. The molecule has 2 aromatic carbocycles. The molecular formula is C16H17FN2O2S. The van der Waals surface area contributed by atoms with Crippen molar-refractivity contribution >= 4 is 23.5 Å². The van der Waals surface area contributed by atoms with Gasteiger partial charge in [-0.3, -0.25) is 0 Å². The van der Waals surface area contributed by atoms with Gasteiger partial charge in [0.15, 0.2) is 0 Å². The first-order chi connectivity index (χ1) is 10.6. The Bertz CT molecular complexity index is 617. The second-order valence-electron chi connectivity index (χ2n) is 4.63. The third kappa shape index (κ3) is 4.75. The van der Waals surface area contributed by atoms with E-state index >= 15 is 0 Å². The number of hydrogen-bond acceptors (Lipinski definition) is 3. The van der Waals surface area contributed by atoms with Gasteiger partial charge >= 0.3 is 6.03 Å². The van der Waals surface area contributed by atoms with E-state index in [4.69, 9.17) is 0 Å². The summed E-state index contributed by atoms with van der Waals surface area (Å²) in [6.07, 6.45) is 1.09. The molecule has 0 aliphatic rings. The van der Waals surface area contributed by atoms with Gasteiger partial charge in [-0.1, -0.05) is 12.1 Å². The molecule has 0 saturated heterocycles. The van der Waals surface area contributed by atoms with Crippen molar-refractivity contribution in [1.82, 2.24) is 5.32 Å². The van der Waals surface area contributed by atoms with Crippen LogP contribution in [0, 0.1) is 5.82 Å². The maximum Gasteiger partial charge on any atom is 0.319 e. The van der Waals surface area contributed by atoms with Crippen LogP contribution >= 0.6 is 11.8 Å². The van der Waals surface area contributed by atoms with Gasteiger partial charge in [-0.05, 0) is 48.2 Å². The molecule has 3 N–H and O–H groups in total. The summed E-state index contributed by atoms with van der Waals surface area (Å²) < 4.78 is 12.8. The van der Waals surface area contributed by atoms with Gasteiger partial charge in [0.05, 0.1) is 6.10 Å². The van der Waals surface area contributed by atoms with Gasteiger partial charge in [-0.15, -0.1) is 11.8 Å². The predicted octanol–water partition coefficient (Wildman–Crippen LogP) is 3.40. The lowest BCUT2D eigenvalue weighted by molar-refractivity contribution is 0.175. The number of carbonyl (C=O) groups is 1. The molecule has 22 heavy (non-hydrogen) atoms. The average molecular weight is 320 g/mol. The van der Waals surface area contributed by atoms with Crippen molar-refractivity contribution in [2.75, 3.05) is 18.1 Å². The molecule has 116 valence electrons. The fourth-order valence-corrected chi connectivity index (χ4v) is 2.25. The second kappa shape index (κ2) is 7.82. The lowest BCUT2D eigenvalue weighted by Gasteiger charge is -2.13. The molecule has 0 bridgehead atoms. The van der Waals surface area contributed by atoms with Gasteiger partial charge in [0.25, 0.3) is 0 Å². The van der Waals surface area contributed by atoms with E-state index in [0.29, 0.717) is 11.3 Å². The summed E-state index contributed by atoms with van der Waals surface area (Å²) >= 11 is 1.62. The number of urea groups is 1. The Kier molecular flexibility index (Phi) is 5.80. The Labute approximate surface area is 132 Å². The number of nitrogens with one attached hydrogen (secondary N) is 2. The van der Waals surface area contributed by atoms with Crippen molar-refractivity contribution in [2.45, 2.75) is 11.0 Å². The molecule has 0 aromatic heterocycles. The normalized spacial score (nSPS) is 11.8. The van der Waals surface area contributed by atoms with Crippen molar-refractivity contribution < 1.29 is 14.3 Å². The second-order valence-corrected chi connectivity index (χ2v) is 5.51. The molecule has 2 rings (SSSR count). The van der Waals surface area contributed by atoms with Gasteiger partial charge in [0, 0.05) is 17.1 Å². The van der Waals surface area contributed by atoms with E-state index in [2.05, 4.69) is 10.6 Å². The highest BCUT2D eigenvalue weighted by Crippen LogP contribution is 2.17. The SMILES string of the molecule is CSc1ccc(NC(=O)NCC(O)c2ccc(F)cc2)cc1. The van der Waals surface area contributed by atoms with E-state index in [1.54, 1.807) is 11.8 Å². The number of amides is 2. The Morgan fingerprint density at radius 2 is 1.82 bits per heavy atom. The zero-order valence-electron chi connectivity index (χ0n) is 12.0. The van der Waals surface area contributed by atoms with Crippen molar-refractivity contribution in [2.24, 2.45) is 0 Å². The molecule has 2 aromatic rings. The quantitative estimate of drug-likeness (QED) is 0.740. The lowest BCUT2D eigenvalue weighted by Crippen LogP contribution is -2.32. The smallest absolute Gasteiger partial charge is 0.319 e. The van der Waals surface area contributed by atoms with E-state index in [9.17, 15) is 14.3 Å². The van der Waals surface area contributed by atoms with E-state index in [1.165, 1.54) is 24.3 Å². The van der Waals surface area contributed by atoms with Crippen LogP contribution in [0.4, 0.5) is 14.9 Å². The molecule has 0 radical (unpaired) electrons. The molecule has 0 spiro atoms.